The lowest BCUT2D eigenvalue weighted by atomic mass is 10.1. The van der Waals surface area contributed by atoms with Crippen molar-refractivity contribution in [2.24, 2.45) is 0 Å². The zero-order chi connectivity index (χ0) is 18.8. The van der Waals surface area contributed by atoms with E-state index in [1.807, 2.05) is 20.8 Å². The van der Waals surface area contributed by atoms with Gasteiger partial charge in [0.15, 0.2) is 5.65 Å². The molecule has 26 heavy (non-hydrogen) atoms. The molecule has 2 heterocycles. The number of amides is 1. The second kappa shape index (κ2) is 7.21. The maximum atomic E-state index is 12.6. The van der Waals surface area contributed by atoms with E-state index < -0.39 is 0 Å². The van der Waals surface area contributed by atoms with Gasteiger partial charge >= 0.3 is 0 Å². The molecule has 0 unspecified atom stereocenters. The number of carbonyl (C=O) groups is 1. The summed E-state index contributed by atoms with van der Waals surface area (Å²) in [5.74, 6) is -0.292. The van der Waals surface area contributed by atoms with Gasteiger partial charge in [-0.15, -0.1) is 0 Å². The van der Waals surface area contributed by atoms with Crippen LogP contribution >= 0.6 is 11.6 Å². The van der Waals surface area contributed by atoms with Crippen molar-refractivity contribution in [3.63, 3.8) is 0 Å². The largest absolute Gasteiger partial charge is 0.385 e. The second-order valence-corrected chi connectivity index (χ2v) is 6.41. The third-order valence-electron chi connectivity index (χ3n) is 4.32. The number of aromatic nitrogens is 3. The van der Waals surface area contributed by atoms with Gasteiger partial charge in [0.05, 0.1) is 12.1 Å². The number of fused-ring (bicyclic) bond motifs is 1. The Morgan fingerprint density at radius 2 is 2.12 bits per heavy atom. The molecule has 0 aliphatic heterocycles. The minimum atomic E-state index is -0.349. The van der Waals surface area contributed by atoms with Crippen LogP contribution in [-0.2, 0) is 6.54 Å². The van der Waals surface area contributed by atoms with Crippen molar-refractivity contribution in [3.8, 4) is 0 Å². The van der Waals surface area contributed by atoms with Gasteiger partial charge in [0, 0.05) is 40.8 Å². The molecule has 8 heteroatoms. The number of nitrogens with one attached hydrogen (secondary N) is 3. The van der Waals surface area contributed by atoms with Crippen LogP contribution in [0.4, 0.5) is 5.69 Å². The van der Waals surface area contributed by atoms with Gasteiger partial charge in [-0.3, -0.25) is 14.7 Å². The van der Waals surface area contributed by atoms with Crippen molar-refractivity contribution >= 4 is 28.8 Å². The second-order valence-electron chi connectivity index (χ2n) is 5.98. The van der Waals surface area contributed by atoms with Crippen molar-refractivity contribution in [1.29, 1.82) is 0 Å². The van der Waals surface area contributed by atoms with E-state index >= 15 is 0 Å². The molecule has 3 N–H and O–H groups in total. The van der Waals surface area contributed by atoms with Crippen LogP contribution in [0.25, 0.3) is 5.65 Å². The number of aromatic amines is 1. The van der Waals surface area contributed by atoms with Gasteiger partial charge in [-0.2, -0.15) is 4.98 Å². The van der Waals surface area contributed by atoms with E-state index in [0.717, 1.165) is 17.8 Å². The minimum absolute atomic E-state index is 0.0843. The van der Waals surface area contributed by atoms with Crippen molar-refractivity contribution in [2.45, 2.75) is 27.3 Å². The molecule has 1 amide bonds. The molecule has 3 aromatic rings. The van der Waals surface area contributed by atoms with Crippen LogP contribution in [0.15, 0.2) is 29.2 Å². The number of benzene rings is 1. The molecule has 3 rings (SSSR count). The SMILES string of the molecule is CCNc1cc(Cl)cc(C(=O)NCc2c(C)n3[nH]ccc3nc2=O)c1C. The predicted octanol–water partition coefficient (Wildman–Crippen LogP) is 2.65. The summed E-state index contributed by atoms with van der Waals surface area (Å²) in [5.41, 5.74) is 3.43. The highest BCUT2D eigenvalue weighted by molar-refractivity contribution is 6.31. The van der Waals surface area contributed by atoms with Crippen molar-refractivity contribution < 1.29 is 4.79 Å². The molecule has 0 saturated heterocycles. The number of aryl methyl sites for hydroxylation is 1. The van der Waals surface area contributed by atoms with E-state index in [4.69, 9.17) is 11.6 Å². The van der Waals surface area contributed by atoms with Crippen LogP contribution in [0.3, 0.4) is 0 Å². The number of hydrogen-bond donors (Lipinski definition) is 3. The summed E-state index contributed by atoms with van der Waals surface area (Å²) in [6.07, 6.45) is 1.70. The normalized spacial score (nSPS) is 10.9. The number of carbonyl (C=O) groups excluding carboxylic acids is 1. The van der Waals surface area contributed by atoms with Crippen LogP contribution in [0, 0.1) is 13.8 Å². The molecule has 0 bridgehead atoms. The lowest BCUT2D eigenvalue weighted by Gasteiger charge is -2.14. The average Bonchev–Trinajstić information content (AvgIpc) is 3.06. The van der Waals surface area contributed by atoms with Gasteiger partial charge < -0.3 is 10.6 Å². The zero-order valence-corrected chi connectivity index (χ0v) is 15.6. The number of nitrogens with zero attached hydrogens (tertiary/aromatic N) is 2. The smallest absolute Gasteiger partial charge is 0.278 e. The van der Waals surface area contributed by atoms with Crippen molar-refractivity contribution in [3.05, 3.63) is 62.2 Å². The number of halogens is 1. The lowest BCUT2D eigenvalue weighted by molar-refractivity contribution is 0.0950. The Kier molecular flexibility index (Phi) is 4.99. The van der Waals surface area contributed by atoms with Crippen LogP contribution in [0.1, 0.15) is 34.1 Å². The predicted molar refractivity (Wildman–Crippen MR) is 102 cm³/mol. The first-order chi connectivity index (χ1) is 12.4. The van der Waals surface area contributed by atoms with Crippen molar-refractivity contribution in [1.82, 2.24) is 19.9 Å². The Hall–Kier alpha value is -2.80. The Labute approximate surface area is 155 Å². The Bertz CT molecular complexity index is 1040. The average molecular weight is 374 g/mol. The fourth-order valence-corrected chi connectivity index (χ4v) is 3.12. The highest BCUT2D eigenvalue weighted by Crippen LogP contribution is 2.25. The van der Waals surface area contributed by atoms with E-state index in [9.17, 15) is 9.59 Å². The molecular weight excluding hydrogens is 354 g/mol. The third-order valence-corrected chi connectivity index (χ3v) is 4.54. The van der Waals surface area contributed by atoms with Gasteiger partial charge in [-0.05, 0) is 38.5 Å². The zero-order valence-electron chi connectivity index (χ0n) is 14.8. The first kappa shape index (κ1) is 18.0. The monoisotopic (exact) mass is 373 g/mol. The number of H-pyrrole nitrogens is 1. The molecular formula is C18H20ClN5O2. The van der Waals surface area contributed by atoms with Gasteiger partial charge in [0.25, 0.3) is 11.5 Å². The first-order valence-corrected chi connectivity index (χ1v) is 8.68. The maximum Gasteiger partial charge on any atom is 0.278 e. The van der Waals surface area contributed by atoms with Crippen LogP contribution in [-0.4, -0.2) is 27.0 Å². The van der Waals surface area contributed by atoms with Crippen LogP contribution in [0.2, 0.25) is 5.02 Å². The number of anilines is 1. The molecule has 0 fully saturated rings. The minimum Gasteiger partial charge on any atom is -0.385 e. The fraction of sp³-hybridized carbons (Fsp3) is 0.278. The topological polar surface area (TPSA) is 91.3 Å². The summed E-state index contributed by atoms with van der Waals surface area (Å²) in [6.45, 7) is 6.44. The third kappa shape index (κ3) is 3.30. The molecule has 0 aliphatic rings. The maximum absolute atomic E-state index is 12.6. The lowest BCUT2D eigenvalue weighted by Crippen LogP contribution is -2.29. The van der Waals surface area contributed by atoms with E-state index in [0.29, 0.717) is 27.5 Å². The van der Waals surface area contributed by atoms with Crippen molar-refractivity contribution in [2.75, 3.05) is 11.9 Å². The molecule has 136 valence electrons. The Morgan fingerprint density at radius 1 is 1.35 bits per heavy atom. The van der Waals surface area contributed by atoms with E-state index in [2.05, 4.69) is 20.7 Å². The first-order valence-electron chi connectivity index (χ1n) is 8.30. The Morgan fingerprint density at radius 3 is 2.85 bits per heavy atom. The quantitative estimate of drug-likeness (QED) is 0.641. The summed E-state index contributed by atoms with van der Waals surface area (Å²) in [5, 5.41) is 9.45. The fourth-order valence-electron chi connectivity index (χ4n) is 2.90. The van der Waals surface area contributed by atoms with Gasteiger partial charge in [0.1, 0.15) is 0 Å². The van der Waals surface area contributed by atoms with Crippen LogP contribution in [0.5, 0.6) is 0 Å². The summed E-state index contributed by atoms with van der Waals surface area (Å²) in [7, 11) is 0. The standard InChI is InChI=1S/C18H20ClN5O2/c1-4-20-15-8-12(19)7-13(10(15)2)17(25)21-9-14-11(3)24-16(5-6-22-24)23-18(14)26/h5-8,20,22H,4,9H2,1-3H3,(H,21,25). The van der Waals surface area contributed by atoms with Gasteiger partial charge in [-0.25, -0.2) is 4.52 Å². The van der Waals surface area contributed by atoms with Gasteiger partial charge in [-0.1, -0.05) is 11.6 Å². The molecule has 0 saturated carbocycles. The Balaban J connectivity index is 1.87. The van der Waals surface area contributed by atoms with Crippen LogP contribution < -0.4 is 16.2 Å². The summed E-state index contributed by atoms with van der Waals surface area (Å²) >= 11 is 6.13. The van der Waals surface area contributed by atoms with E-state index in [1.54, 1.807) is 28.9 Å². The molecule has 0 aliphatic carbocycles. The summed E-state index contributed by atoms with van der Waals surface area (Å²) in [4.78, 5) is 28.9. The summed E-state index contributed by atoms with van der Waals surface area (Å²) < 4.78 is 1.71. The van der Waals surface area contributed by atoms with E-state index in [-0.39, 0.29) is 18.0 Å². The summed E-state index contributed by atoms with van der Waals surface area (Å²) in [6, 6.07) is 5.13. The van der Waals surface area contributed by atoms with Gasteiger partial charge in [0.2, 0.25) is 0 Å². The van der Waals surface area contributed by atoms with E-state index in [1.165, 1.54) is 0 Å². The molecule has 0 radical (unpaired) electrons. The molecule has 2 aromatic heterocycles. The molecule has 7 nitrogen and oxygen atoms in total. The molecule has 0 atom stereocenters. The number of hydrogen-bond acceptors (Lipinski definition) is 4. The number of rotatable bonds is 5. The molecule has 1 aromatic carbocycles. The highest BCUT2D eigenvalue weighted by Gasteiger charge is 2.16. The molecule has 0 spiro atoms. The highest BCUT2D eigenvalue weighted by atomic mass is 35.5.